The van der Waals surface area contributed by atoms with Crippen molar-refractivity contribution in [2.24, 2.45) is 5.41 Å². The fourth-order valence-electron chi connectivity index (χ4n) is 4.45. The van der Waals surface area contributed by atoms with Crippen LogP contribution in [0.2, 0.25) is 0 Å². The monoisotopic (exact) mass is 299 g/mol. The van der Waals surface area contributed by atoms with Crippen molar-refractivity contribution in [3.63, 3.8) is 0 Å². The van der Waals surface area contributed by atoms with Crippen molar-refractivity contribution >= 4 is 11.6 Å². The lowest BCUT2D eigenvalue weighted by atomic mass is 9.78. The highest BCUT2D eigenvalue weighted by Gasteiger charge is 2.42. The molecule has 0 bridgehead atoms. The fourth-order valence-corrected chi connectivity index (χ4v) is 4.45. The second-order valence-electron chi connectivity index (χ2n) is 7.17. The van der Waals surface area contributed by atoms with Crippen LogP contribution in [0.15, 0.2) is 24.3 Å². The number of hydrogen-bond acceptors (Lipinski definition) is 3. The molecule has 3 aliphatic rings. The number of likely N-dealkylation sites (tertiary alicyclic amines) is 1. The Balaban J connectivity index is 1.49. The summed E-state index contributed by atoms with van der Waals surface area (Å²) >= 11 is 0. The minimum atomic E-state index is 0.0432. The van der Waals surface area contributed by atoms with Gasteiger partial charge in [0, 0.05) is 12.2 Å². The molecule has 2 N–H and O–H groups in total. The summed E-state index contributed by atoms with van der Waals surface area (Å²) in [7, 11) is 0. The van der Waals surface area contributed by atoms with Crippen LogP contribution >= 0.6 is 0 Å². The number of carbonyl (C=O) groups excluding carboxylic acids is 1. The van der Waals surface area contributed by atoms with E-state index in [-0.39, 0.29) is 11.9 Å². The molecular weight excluding hydrogens is 274 g/mol. The van der Waals surface area contributed by atoms with E-state index in [1.54, 1.807) is 0 Å². The highest BCUT2D eigenvalue weighted by Crippen LogP contribution is 2.40. The Hall–Kier alpha value is -1.39. The first-order chi connectivity index (χ1) is 10.8. The predicted molar refractivity (Wildman–Crippen MR) is 87.9 cm³/mol. The molecule has 1 unspecified atom stereocenters. The average Bonchev–Trinajstić information content (AvgIpc) is 2.84. The van der Waals surface area contributed by atoms with Crippen LogP contribution < -0.4 is 10.6 Å². The molecule has 0 radical (unpaired) electrons. The SMILES string of the molecule is O=C1Nc2ccccc2CCC1N1CCC2(CCNCC2)C1. The number of carbonyl (C=O) groups is 1. The van der Waals surface area contributed by atoms with Crippen LogP contribution in [0.5, 0.6) is 0 Å². The second kappa shape index (κ2) is 5.67. The molecule has 22 heavy (non-hydrogen) atoms. The number of anilines is 1. The molecule has 2 saturated heterocycles. The van der Waals surface area contributed by atoms with Gasteiger partial charge in [-0.2, -0.15) is 0 Å². The summed E-state index contributed by atoms with van der Waals surface area (Å²) < 4.78 is 0. The maximum atomic E-state index is 12.7. The van der Waals surface area contributed by atoms with Gasteiger partial charge in [-0.15, -0.1) is 0 Å². The largest absolute Gasteiger partial charge is 0.324 e. The summed E-state index contributed by atoms with van der Waals surface area (Å²) in [5.41, 5.74) is 2.74. The first-order valence-corrected chi connectivity index (χ1v) is 8.59. The number of aryl methyl sites for hydroxylation is 1. The molecule has 1 aromatic rings. The van der Waals surface area contributed by atoms with Gasteiger partial charge < -0.3 is 10.6 Å². The Morgan fingerprint density at radius 3 is 2.82 bits per heavy atom. The molecule has 0 aliphatic carbocycles. The van der Waals surface area contributed by atoms with Crippen LogP contribution in [0.4, 0.5) is 5.69 Å². The highest BCUT2D eigenvalue weighted by molar-refractivity contribution is 5.96. The first kappa shape index (κ1) is 14.2. The van der Waals surface area contributed by atoms with Gasteiger partial charge in [0.1, 0.15) is 0 Å². The van der Waals surface area contributed by atoms with Gasteiger partial charge in [0.15, 0.2) is 0 Å². The van der Waals surface area contributed by atoms with Gasteiger partial charge in [0.05, 0.1) is 6.04 Å². The summed E-state index contributed by atoms with van der Waals surface area (Å²) in [6, 6.07) is 8.26. The quantitative estimate of drug-likeness (QED) is 0.834. The van der Waals surface area contributed by atoms with Crippen molar-refractivity contribution in [3.05, 3.63) is 29.8 Å². The number of nitrogens with zero attached hydrogens (tertiary/aromatic N) is 1. The van der Waals surface area contributed by atoms with E-state index in [1.807, 2.05) is 12.1 Å². The maximum absolute atomic E-state index is 12.7. The van der Waals surface area contributed by atoms with Crippen molar-refractivity contribution in [2.75, 3.05) is 31.5 Å². The van der Waals surface area contributed by atoms with E-state index < -0.39 is 0 Å². The van der Waals surface area contributed by atoms with E-state index in [2.05, 4.69) is 27.7 Å². The number of para-hydroxylation sites is 1. The van der Waals surface area contributed by atoms with Crippen LogP contribution in [0, 0.1) is 5.41 Å². The molecule has 1 spiro atoms. The van der Waals surface area contributed by atoms with Crippen LogP contribution in [-0.4, -0.2) is 43.0 Å². The molecule has 1 amide bonds. The Bertz CT molecular complexity index is 565. The molecular formula is C18H25N3O. The number of rotatable bonds is 1. The van der Waals surface area contributed by atoms with E-state index >= 15 is 0 Å². The Labute approximate surface area is 132 Å². The number of amides is 1. The van der Waals surface area contributed by atoms with Crippen molar-refractivity contribution in [3.8, 4) is 0 Å². The molecule has 0 saturated carbocycles. The smallest absolute Gasteiger partial charge is 0.241 e. The van der Waals surface area contributed by atoms with E-state index in [0.717, 1.165) is 44.7 Å². The zero-order valence-corrected chi connectivity index (χ0v) is 13.1. The fraction of sp³-hybridized carbons (Fsp3) is 0.611. The third kappa shape index (κ3) is 2.55. The lowest BCUT2D eigenvalue weighted by molar-refractivity contribution is -0.121. The third-order valence-corrected chi connectivity index (χ3v) is 5.84. The summed E-state index contributed by atoms with van der Waals surface area (Å²) in [6.45, 7) is 4.45. The highest BCUT2D eigenvalue weighted by atomic mass is 16.2. The van der Waals surface area contributed by atoms with Crippen LogP contribution in [0.25, 0.3) is 0 Å². The first-order valence-electron chi connectivity index (χ1n) is 8.59. The maximum Gasteiger partial charge on any atom is 0.241 e. The summed E-state index contributed by atoms with van der Waals surface area (Å²) in [4.78, 5) is 15.1. The average molecular weight is 299 g/mol. The zero-order chi connectivity index (χ0) is 15.0. The Morgan fingerprint density at radius 2 is 1.95 bits per heavy atom. The molecule has 3 heterocycles. The van der Waals surface area contributed by atoms with Gasteiger partial charge in [-0.25, -0.2) is 0 Å². The van der Waals surface area contributed by atoms with Gasteiger partial charge in [0.2, 0.25) is 5.91 Å². The van der Waals surface area contributed by atoms with Crippen molar-refractivity contribution < 1.29 is 4.79 Å². The van der Waals surface area contributed by atoms with Crippen LogP contribution in [0.1, 0.15) is 31.2 Å². The molecule has 118 valence electrons. The molecule has 2 fully saturated rings. The van der Waals surface area contributed by atoms with Gasteiger partial charge in [-0.1, -0.05) is 18.2 Å². The predicted octanol–water partition coefficient (Wildman–Crippen LogP) is 2.02. The minimum absolute atomic E-state index is 0.0432. The number of benzene rings is 1. The van der Waals surface area contributed by atoms with Crippen molar-refractivity contribution in [2.45, 2.75) is 38.1 Å². The summed E-state index contributed by atoms with van der Waals surface area (Å²) in [6.07, 6.45) is 5.71. The zero-order valence-electron chi connectivity index (χ0n) is 13.1. The lowest BCUT2D eigenvalue weighted by Gasteiger charge is -2.35. The molecule has 3 aliphatic heterocycles. The van der Waals surface area contributed by atoms with Crippen molar-refractivity contribution in [1.29, 1.82) is 0 Å². The standard InChI is InChI=1S/C18H25N3O/c22-17-16(6-5-14-3-1-2-4-15(14)20-17)21-12-9-18(13-21)7-10-19-11-8-18/h1-4,16,19H,5-13H2,(H,20,22). The second-order valence-corrected chi connectivity index (χ2v) is 7.17. The Kier molecular flexibility index (Phi) is 3.66. The molecule has 1 atom stereocenters. The molecule has 1 aromatic carbocycles. The molecule has 4 nitrogen and oxygen atoms in total. The summed E-state index contributed by atoms with van der Waals surface area (Å²) in [5, 5.41) is 6.61. The third-order valence-electron chi connectivity index (χ3n) is 5.84. The number of hydrogen-bond donors (Lipinski definition) is 2. The topological polar surface area (TPSA) is 44.4 Å². The number of piperidine rings is 1. The van der Waals surface area contributed by atoms with E-state index in [1.165, 1.54) is 24.8 Å². The number of fused-ring (bicyclic) bond motifs is 1. The molecule has 0 aromatic heterocycles. The summed E-state index contributed by atoms with van der Waals surface area (Å²) in [5.74, 6) is 0.191. The van der Waals surface area contributed by atoms with E-state index in [4.69, 9.17) is 0 Å². The number of nitrogens with one attached hydrogen (secondary N) is 2. The molecule has 4 rings (SSSR count). The Morgan fingerprint density at radius 1 is 1.14 bits per heavy atom. The van der Waals surface area contributed by atoms with E-state index in [9.17, 15) is 4.79 Å². The minimum Gasteiger partial charge on any atom is -0.324 e. The van der Waals surface area contributed by atoms with Crippen molar-refractivity contribution in [1.82, 2.24) is 10.2 Å². The lowest BCUT2D eigenvalue weighted by Crippen LogP contribution is -2.45. The van der Waals surface area contributed by atoms with Gasteiger partial charge in [-0.3, -0.25) is 9.69 Å². The molecule has 4 heteroatoms. The van der Waals surface area contributed by atoms with Crippen LogP contribution in [0.3, 0.4) is 0 Å². The van der Waals surface area contributed by atoms with Crippen LogP contribution in [-0.2, 0) is 11.2 Å². The normalized spacial score (nSPS) is 28.2. The van der Waals surface area contributed by atoms with E-state index in [0.29, 0.717) is 5.41 Å². The van der Waals surface area contributed by atoms with Gasteiger partial charge >= 0.3 is 0 Å². The van der Waals surface area contributed by atoms with Gasteiger partial charge in [0.25, 0.3) is 0 Å². The van der Waals surface area contributed by atoms with Gasteiger partial charge in [-0.05, 0) is 68.8 Å².